The van der Waals surface area contributed by atoms with Crippen LogP contribution in [0.2, 0.25) is 0 Å². The fourth-order valence-electron chi connectivity index (χ4n) is 8.78. The van der Waals surface area contributed by atoms with E-state index in [4.69, 9.17) is 23.7 Å². The molecule has 1 atom stereocenters. The van der Waals surface area contributed by atoms with Crippen molar-refractivity contribution in [2.24, 2.45) is 12.5 Å². The Morgan fingerprint density at radius 1 is 0.817 bits per heavy atom. The second-order valence-electron chi connectivity index (χ2n) is 16.7. The third-order valence-corrected chi connectivity index (χ3v) is 12.5. The number of fused-ring (bicyclic) bond motifs is 4. The van der Waals surface area contributed by atoms with Crippen molar-refractivity contribution in [3.8, 4) is 17.0 Å². The lowest BCUT2D eigenvalue weighted by atomic mass is 9.87. The number of hydrogen-bond donors (Lipinski definition) is 1. The minimum atomic E-state index is -0.981. The summed E-state index contributed by atoms with van der Waals surface area (Å²) in [5, 5.41) is 4.56. The van der Waals surface area contributed by atoms with Gasteiger partial charge in [0.05, 0.1) is 60.7 Å². The predicted molar refractivity (Wildman–Crippen MR) is 219 cm³/mol. The third-order valence-electron chi connectivity index (χ3n) is 12.5. The summed E-state index contributed by atoms with van der Waals surface area (Å²) < 4.78 is 32.4. The number of pyridine rings is 2. The van der Waals surface area contributed by atoms with E-state index in [0.717, 1.165) is 57.4 Å². The molecule has 0 bridgehead atoms. The summed E-state index contributed by atoms with van der Waals surface area (Å²) in [5.74, 6) is -1.42. The van der Waals surface area contributed by atoms with Gasteiger partial charge in [0.25, 0.3) is 11.8 Å². The molecule has 3 saturated heterocycles. The van der Waals surface area contributed by atoms with Crippen molar-refractivity contribution in [2.45, 2.75) is 56.5 Å². The van der Waals surface area contributed by atoms with E-state index in [9.17, 15) is 19.2 Å². The van der Waals surface area contributed by atoms with Gasteiger partial charge in [0, 0.05) is 105 Å². The molecule has 15 nitrogen and oxygen atoms in total. The molecule has 7 heterocycles. The third kappa shape index (κ3) is 7.18. The minimum Gasteiger partial charge on any atom is -0.474 e. The molecule has 4 fully saturated rings. The normalized spacial score (nSPS) is 22.4. The molecular weight excluding hydrogens is 769 g/mol. The van der Waals surface area contributed by atoms with Crippen LogP contribution in [-0.4, -0.2) is 120 Å². The summed E-state index contributed by atoms with van der Waals surface area (Å²) >= 11 is 0. The first-order valence-corrected chi connectivity index (χ1v) is 20.7. The van der Waals surface area contributed by atoms with E-state index in [1.807, 2.05) is 36.8 Å². The number of carbonyl (C=O) groups is 4. The number of amides is 4. The number of aromatic nitrogens is 3. The first-order valence-electron chi connectivity index (χ1n) is 20.7. The van der Waals surface area contributed by atoms with Crippen molar-refractivity contribution in [1.29, 1.82) is 0 Å². The number of rotatable bonds is 15. The SMILES string of the molecule is Cn1c2ccncc2c2ccc(-c3ccc(O[C@H]4C[C@H](OCC5(COCCCOC6CN(c7ccc8c(c7)C(=O)N(C7CCC(=O)NC7=O)C8=O)C6)COC5)C4)nc3)cc21. The Bertz CT molecular complexity index is 2490. The number of nitrogens with zero attached hydrogens (tertiary/aromatic N) is 5. The van der Waals surface area contributed by atoms with Crippen LogP contribution in [0.1, 0.15) is 52.8 Å². The van der Waals surface area contributed by atoms with Crippen molar-refractivity contribution in [3.63, 3.8) is 0 Å². The molecule has 10 rings (SSSR count). The maximum absolute atomic E-state index is 13.2. The topological polar surface area (TPSA) is 164 Å². The van der Waals surface area contributed by atoms with E-state index in [-0.39, 0.29) is 47.7 Å². The number of benzene rings is 2. The van der Waals surface area contributed by atoms with E-state index in [1.54, 1.807) is 12.1 Å². The molecule has 5 aliphatic rings. The van der Waals surface area contributed by atoms with Gasteiger partial charge in [-0.1, -0.05) is 12.1 Å². The van der Waals surface area contributed by atoms with Gasteiger partial charge in [-0.25, -0.2) is 4.98 Å². The zero-order valence-electron chi connectivity index (χ0n) is 33.3. The Labute approximate surface area is 345 Å². The minimum absolute atomic E-state index is 0.0517. The van der Waals surface area contributed by atoms with E-state index < -0.39 is 29.7 Å². The van der Waals surface area contributed by atoms with Crippen LogP contribution in [0.4, 0.5) is 5.69 Å². The van der Waals surface area contributed by atoms with Crippen LogP contribution in [0.5, 0.6) is 5.88 Å². The van der Waals surface area contributed by atoms with Crippen molar-refractivity contribution < 1.29 is 42.9 Å². The highest BCUT2D eigenvalue weighted by Crippen LogP contribution is 2.36. The first kappa shape index (κ1) is 38.5. The van der Waals surface area contributed by atoms with Crippen molar-refractivity contribution in [1.82, 2.24) is 24.8 Å². The van der Waals surface area contributed by atoms with Crippen LogP contribution < -0.4 is 15.0 Å². The number of ether oxygens (including phenoxy) is 5. The number of nitrogens with one attached hydrogen (secondary N) is 1. The molecule has 1 N–H and O–H groups in total. The monoisotopic (exact) mass is 814 g/mol. The number of carbonyl (C=O) groups excluding carboxylic acids is 4. The molecule has 4 amide bonds. The smallest absolute Gasteiger partial charge is 0.262 e. The van der Waals surface area contributed by atoms with Gasteiger partial charge < -0.3 is 33.2 Å². The van der Waals surface area contributed by atoms with E-state index in [2.05, 4.69) is 56.1 Å². The second-order valence-corrected chi connectivity index (χ2v) is 16.7. The molecule has 15 heteroatoms. The Kier molecular flexibility index (Phi) is 10.1. The summed E-state index contributed by atoms with van der Waals surface area (Å²) in [4.78, 5) is 62.1. The molecule has 310 valence electrons. The maximum Gasteiger partial charge on any atom is 0.262 e. The number of piperidine rings is 1. The largest absolute Gasteiger partial charge is 0.474 e. The van der Waals surface area contributed by atoms with Crippen LogP contribution in [-0.2, 0) is 35.6 Å². The number of aryl methyl sites for hydroxylation is 1. The van der Waals surface area contributed by atoms with Crippen molar-refractivity contribution in [3.05, 3.63) is 84.3 Å². The van der Waals surface area contributed by atoms with E-state index >= 15 is 0 Å². The highest BCUT2D eigenvalue weighted by molar-refractivity contribution is 6.23. The van der Waals surface area contributed by atoms with Crippen molar-refractivity contribution >= 4 is 51.1 Å². The van der Waals surface area contributed by atoms with Crippen LogP contribution >= 0.6 is 0 Å². The molecular formula is C45H46N6O9. The average molecular weight is 815 g/mol. The lowest BCUT2D eigenvalue weighted by molar-refractivity contribution is -0.197. The van der Waals surface area contributed by atoms with Crippen LogP contribution in [0, 0.1) is 5.41 Å². The molecule has 60 heavy (non-hydrogen) atoms. The Morgan fingerprint density at radius 3 is 2.43 bits per heavy atom. The second kappa shape index (κ2) is 15.7. The number of imide groups is 2. The predicted octanol–water partition coefficient (Wildman–Crippen LogP) is 4.44. The lowest BCUT2D eigenvalue weighted by Crippen LogP contribution is -2.54. The standard InChI is InChI=1S/C45H46N6O9/c1-49-37-11-12-46-20-36(37)33-6-3-27(15-39(33)49)28-4-10-41(47-19-28)60-31-17-30(18-31)59-26-45(24-57-25-45)23-56-13-2-14-58-32-21-50(22-32)29-5-7-34-35(16-29)44(55)51(43(34)54)38-8-9-40(52)48-42(38)53/h3-7,10-12,15-16,19-20,30-32,38H,2,8-9,13-14,17-18,21-26H2,1H3,(H,48,52,53)/t30-,31-,38?. The summed E-state index contributed by atoms with van der Waals surface area (Å²) in [6.45, 7) is 4.85. The van der Waals surface area contributed by atoms with E-state index in [1.165, 1.54) is 5.39 Å². The first-order chi connectivity index (χ1) is 29.2. The highest BCUT2D eigenvalue weighted by atomic mass is 16.5. The molecule has 0 spiro atoms. The van der Waals surface area contributed by atoms with Gasteiger partial charge in [0.1, 0.15) is 12.1 Å². The van der Waals surface area contributed by atoms with Crippen LogP contribution in [0.25, 0.3) is 32.9 Å². The lowest BCUT2D eigenvalue weighted by Gasteiger charge is -2.43. The van der Waals surface area contributed by atoms with Gasteiger partial charge in [0.15, 0.2) is 0 Å². The van der Waals surface area contributed by atoms with E-state index in [0.29, 0.717) is 58.6 Å². The highest BCUT2D eigenvalue weighted by Gasteiger charge is 2.45. The van der Waals surface area contributed by atoms with Gasteiger partial charge in [-0.15, -0.1) is 0 Å². The summed E-state index contributed by atoms with van der Waals surface area (Å²) in [7, 11) is 2.08. The van der Waals surface area contributed by atoms with Gasteiger partial charge in [-0.2, -0.15) is 0 Å². The molecule has 1 unspecified atom stereocenters. The zero-order chi connectivity index (χ0) is 41.0. The Hall–Kier alpha value is -5.74. The fourth-order valence-corrected chi connectivity index (χ4v) is 8.78. The summed E-state index contributed by atoms with van der Waals surface area (Å²) in [6.07, 6.45) is 8.48. The van der Waals surface area contributed by atoms with Crippen molar-refractivity contribution in [2.75, 3.05) is 57.6 Å². The Morgan fingerprint density at radius 2 is 1.65 bits per heavy atom. The van der Waals surface area contributed by atoms with Crippen LogP contribution in [0.3, 0.4) is 0 Å². The van der Waals surface area contributed by atoms with Gasteiger partial charge in [-0.05, 0) is 54.8 Å². The molecule has 1 saturated carbocycles. The van der Waals surface area contributed by atoms with Gasteiger partial charge in [0.2, 0.25) is 17.7 Å². The molecule has 5 aromatic rings. The van der Waals surface area contributed by atoms with Gasteiger partial charge >= 0.3 is 0 Å². The zero-order valence-corrected chi connectivity index (χ0v) is 33.3. The Balaban J connectivity index is 0.612. The van der Waals surface area contributed by atoms with Gasteiger partial charge in [-0.3, -0.25) is 34.4 Å². The number of anilines is 1. The molecule has 2 aromatic carbocycles. The molecule has 1 aliphatic carbocycles. The summed E-state index contributed by atoms with van der Waals surface area (Å²) in [6, 6.07) is 16.7. The average Bonchev–Trinajstić information content (AvgIpc) is 3.63. The summed E-state index contributed by atoms with van der Waals surface area (Å²) in [5.41, 5.74) is 5.68. The molecule has 3 aromatic heterocycles. The molecule has 4 aliphatic heterocycles. The maximum atomic E-state index is 13.2. The van der Waals surface area contributed by atoms with Crippen LogP contribution in [0.15, 0.2) is 73.2 Å². The molecule has 0 radical (unpaired) electrons. The quantitative estimate of drug-likeness (QED) is 0.117. The fraction of sp³-hybridized carbons (Fsp3) is 0.422. The number of hydrogen-bond acceptors (Lipinski definition) is 12.